The van der Waals surface area contributed by atoms with Crippen LogP contribution in [0.15, 0.2) is 66.7 Å². The summed E-state index contributed by atoms with van der Waals surface area (Å²) in [6.07, 6.45) is 12.4. The van der Waals surface area contributed by atoms with E-state index in [9.17, 15) is 19.8 Å². The second kappa shape index (κ2) is 13.8. The summed E-state index contributed by atoms with van der Waals surface area (Å²) in [4.78, 5) is 22.3. The van der Waals surface area contributed by atoms with E-state index in [2.05, 4.69) is 13.8 Å². The zero-order valence-electron chi connectivity index (χ0n) is 21.3. The molecule has 0 heterocycles. The van der Waals surface area contributed by atoms with Crippen molar-refractivity contribution in [2.45, 2.75) is 39.5 Å². The van der Waals surface area contributed by atoms with Crippen LogP contribution in [0.25, 0.3) is 24.3 Å². The Labute approximate surface area is 218 Å². The molecule has 0 radical (unpaired) electrons. The van der Waals surface area contributed by atoms with Crippen molar-refractivity contribution >= 4 is 36.2 Å². The van der Waals surface area contributed by atoms with Gasteiger partial charge in [-0.3, -0.25) is 0 Å². The van der Waals surface area contributed by atoms with Gasteiger partial charge in [-0.25, -0.2) is 0 Å². The second-order valence-corrected chi connectivity index (χ2v) is 9.01. The fourth-order valence-corrected chi connectivity index (χ4v) is 3.90. The lowest BCUT2D eigenvalue weighted by Crippen LogP contribution is -2.30. The minimum absolute atomic E-state index is 0.400. The van der Waals surface area contributed by atoms with Gasteiger partial charge in [0.05, 0.1) is 18.5 Å². The van der Waals surface area contributed by atoms with Crippen LogP contribution in [0, 0.1) is 5.92 Å². The van der Waals surface area contributed by atoms with Gasteiger partial charge in [0.15, 0.2) is 0 Å². The molecule has 1 atom stereocenters. The second-order valence-electron chi connectivity index (χ2n) is 9.01. The quantitative estimate of drug-likeness (QED) is 0.298. The van der Waals surface area contributed by atoms with Gasteiger partial charge >= 0.3 is 0 Å². The van der Waals surface area contributed by atoms with Crippen LogP contribution in [-0.4, -0.2) is 18.5 Å². The zero-order chi connectivity index (χ0) is 26.6. The number of hydrogen-bond donors (Lipinski definition) is 0. The molecule has 0 saturated heterocycles. The molecule has 3 aromatic carbocycles. The Morgan fingerprint density at radius 3 is 1.70 bits per heavy atom. The van der Waals surface area contributed by atoms with Crippen LogP contribution in [-0.2, 0) is 0 Å². The van der Waals surface area contributed by atoms with E-state index in [1.54, 1.807) is 6.08 Å². The van der Waals surface area contributed by atoms with Crippen molar-refractivity contribution in [2.24, 2.45) is 5.92 Å². The molecule has 0 aromatic heterocycles. The first-order valence-corrected chi connectivity index (χ1v) is 12.7. The summed E-state index contributed by atoms with van der Waals surface area (Å²) < 4.78 is 5.98. The van der Waals surface area contributed by atoms with Crippen molar-refractivity contribution in [3.05, 3.63) is 100 Å². The van der Waals surface area contributed by atoms with Crippen LogP contribution in [0.3, 0.4) is 0 Å². The molecule has 3 aromatic rings. The van der Waals surface area contributed by atoms with Crippen LogP contribution < -0.4 is 14.9 Å². The third kappa shape index (κ3) is 8.50. The van der Waals surface area contributed by atoms with Gasteiger partial charge in [-0.05, 0) is 52.8 Å². The number of benzene rings is 3. The normalized spacial score (nSPS) is 12.2. The number of carboxylic acid groups (broad SMARTS) is 2. The molecule has 5 heteroatoms. The van der Waals surface area contributed by atoms with Gasteiger partial charge < -0.3 is 24.5 Å². The minimum atomic E-state index is -1.56. The van der Waals surface area contributed by atoms with E-state index in [0.717, 1.165) is 35.5 Å². The maximum Gasteiger partial charge on any atom is 0.119 e. The highest BCUT2D eigenvalue weighted by atomic mass is 16.5. The van der Waals surface area contributed by atoms with Gasteiger partial charge in [0, 0.05) is 11.1 Å². The number of carbonyl (C=O) groups excluding carboxylic acids is 2. The van der Waals surface area contributed by atoms with Crippen LogP contribution in [0.5, 0.6) is 5.75 Å². The summed E-state index contributed by atoms with van der Waals surface area (Å²) in [6.45, 7) is 5.19. The van der Waals surface area contributed by atoms with Gasteiger partial charge in [0.1, 0.15) is 5.75 Å². The number of aromatic carboxylic acids is 2. The lowest BCUT2D eigenvalue weighted by atomic mass is 10.0. The molecule has 3 rings (SSSR count). The number of ether oxygens (including phenoxy) is 1. The molecule has 0 aliphatic heterocycles. The van der Waals surface area contributed by atoms with Gasteiger partial charge in [-0.15, -0.1) is 0 Å². The highest BCUT2D eigenvalue weighted by Crippen LogP contribution is 2.19. The van der Waals surface area contributed by atoms with Crippen molar-refractivity contribution in [1.82, 2.24) is 0 Å². The molecule has 0 bridgehead atoms. The topological polar surface area (TPSA) is 89.5 Å². The van der Waals surface area contributed by atoms with E-state index in [4.69, 9.17) is 4.74 Å². The molecule has 0 N–H and O–H groups in total. The first kappa shape index (κ1) is 27.5. The molecule has 1 unspecified atom stereocenters. The summed E-state index contributed by atoms with van der Waals surface area (Å²) in [5, 5.41) is 22.3. The van der Waals surface area contributed by atoms with Crippen LogP contribution in [0.4, 0.5) is 0 Å². The number of carboxylic acids is 2. The van der Waals surface area contributed by atoms with Crippen LogP contribution in [0.2, 0.25) is 0 Å². The third-order valence-corrected chi connectivity index (χ3v) is 6.27. The van der Waals surface area contributed by atoms with Crippen LogP contribution >= 0.6 is 0 Å². The molecular weight excluding hydrogens is 464 g/mol. The van der Waals surface area contributed by atoms with E-state index in [1.165, 1.54) is 37.5 Å². The molecule has 0 aliphatic carbocycles. The van der Waals surface area contributed by atoms with E-state index in [0.29, 0.717) is 11.5 Å². The Morgan fingerprint density at radius 1 is 0.730 bits per heavy atom. The largest absolute Gasteiger partial charge is 0.545 e. The first-order valence-electron chi connectivity index (χ1n) is 12.7. The molecular formula is C32H32O5-2. The Balaban J connectivity index is 1.58. The SMILES string of the molecule is CCCCC(CC)COc1ccc(/C=C/c2ccc(/C=C/c3ccc(C(=O)[O-])c(C(=O)[O-])c3)cc2)cc1. The molecule has 0 fully saturated rings. The van der Waals surface area contributed by atoms with Gasteiger partial charge in [-0.1, -0.05) is 106 Å². The molecule has 0 spiro atoms. The van der Waals surface area contributed by atoms with E-state index < -0.39 is 23.1 Å². The Kier molecular flexibility index (Phi) is 10.3. The van der Waals surface area contributed by atoms with Gasteiger partial charge in [0.2, 0.25) is 0 Å². The number of unbranched alkanes of at least 4 members (excludes halogenated alkanes) is 1. The fraction of sp³-hybridized carbons (Fsp3) is 0.250. The number of hydrogen-bond acceptors (Lipinski definition) is 5. The smallest absolute Gasteiger partial charge is 0.119 e. The van der Waals surface area contributed by atoms with Crippen molar-refractivity contribution in [2.75, 3.05) is 6.61 Å². The zero-order valence-corrected chi connectivity index (χ0v) is 21.3. The van der Waals surface area contributed by atoms with Crippen LogP contribution in [0.1, 0.15) is 82.5 Å². The molecule has 0 aliphatic rings. The molecule has 0 amide bonds. The first-order chi connectivity index (χ1) is 17.9. The van der Waals surface area contributed by atoms with E-state index >= 15 is 0 Å². The van der Waals surface area contributed by atoms with E-state index in [-0.39, 0.29) is 0 Å². The summed E-state index contributed by atoms with van der Waals surface area (Å²) in [7, 11) is 0. The van der Waals surface area contributed by atoms with E-state index in [1.807, 2.05) is 66.8 Å². The molecule has 5 nitrogen and oxygen atoms in total. The van der Waals surface area contributed by atoms with Crippen molar-refractivity contribution in [1.29, 1.82) is 0 Å². The maximum atomic E-state index is 11.2. The Bertz CT molecular complexity index is 1240. The molecule has 192 valence electrons. The summed E-state index contributed by atoms with van der Waals surface area (Å²) in [5.41, 5.74) is 2.78. The average molecular weight is 497 g/mol. The number of rotatable bonds is 13. The minimum Gasteiger partial charge on any atom is -0.545 e. The Morgan fingerprint density at radius 2 is 1.22 bits per heavy atom. The summed E-state index contributed by atoms with van der Waals surface area (Å²) in [6, 6.07) is 20.0. The third-order valence-electron chi connectivity index (χ3n) is 6.27. The predicted octanol–water partition coefficient (Wildman–Crippen LogP) is 5.35. The monoisotopic (exact) mass is 496 g/mol. The number of carbonyl (C=O) groups is 2. The summed E-state index contributed by atoms with van der Waals surface area (Å²) >= 11 is 0. The Hall–Kier alpha value is -4.12. The highest BCUT2D eigenvalue weighted by molar-refractivity contribution is 6.00. The lowest BCUT2D eigenvalue weighted by molar-refractivity contribution is -0.259. The fourth-order valence-electron chi connectivity index (χ4n) is 3.90. The molecule has 0 saturated carbocycles. The lowest BCUT2D eigenvalue weighted by Gasteiger charge is -2.15. The highest BCUT2D eigenvalue weighted by Gasteiger charge is 2.07. The van der Waals surface area contributed by atoms with Gasteiger partial charge in [-0.2, -0.15) is 0 Å². The average Bonchev–Trinajstić information content (AvgIpc) is 2.91. The standard InChI is InChI=1S/C32H34O5/c1-3-5-6-23(4-2)22-37-28-18-15-26(16-19-28)12-11-24-7-9-25(10-8-24)13-14-27-17-20-29(31(33)34)30(21-27)32(35)36/h7-21,23H,3-6,22H2,1-2H3,(H,33,34)(H,35,36)/p-2/b12-11+,14-13+. The maximum absolute atomic E-state index is 11.2. The van der Waals surface area contributed by atoms with Crippen molar-refractivity contribution in [3.8, 4) is 5.75 Å². The van der Waals surface area contributed by atoms with Crippen molar-refractivity contribution < 1.29 is 24.5 Å². The molecule has 37 heavy (non-hydrogen) atoms. The van der Waals surface area contributed by atoms with Gasteiger partial charge in [0.25, 0.3) is 0 Å². The summed E-state index contributed by atoms with van der Waals surface area (Å²) in [5.74, 6) is -1.61. The predicted molar refractivity (Wildman–Crippen MR) is 145 cm³/mol. The van der Waals surface area contributed by atoms with Crippen molar-refractivity contribution in [3.63, 3.8) is 0 Å².